The zero-order chi connectivity index (χ0) is 15.9. The minimum Gasteiger partial charge on any atom is -0.775 e. The van der Waals surface area contributed by atoms with Gasteiger partial charge in [-0.15, -0.1) is 0 Å². The van der Waals surface area contributed by atoms with Gasteiger partial charge in [0.2, 0.25) is 0 Å². The maximum atomic E-state index is 10.2. The molecule has 0 saturated heterocycles. The zero-order valence-electron chi connectivity index (χ0n) is 13.9. The first kappa shape index (κ1) is 24.1. The van der Waals surface area contributed by atoms with E-state index in [1.165, 1.54) is 14.2 Å². The summed E-state index contributed by atoms with van der Waals surface area (Å²) in [5.74, 6) is 0.832. The van der Waals surface area contributed by atoms with Gasteiger partial charge in [0.1, 0.15) is 22.9 Å². The molecule has 2 aromatic carbocycles. The van der Waals surface area contributed by atoms with Crippen molar-refractivity contribution >= 4 is 11.4 Å². The van der Waals surface area contributed by atoms with Crippen LogP contribution in [0.4, 0.5) is 11.4 Å². The Morgan fingerprint density at radius 1 is 0.708 bits per heavy atom. The summed E-state index contributed by atoms with van der Waals surface area (Å²) in [6.45, 7) is 0. The predicted molar refractivity (Wildman–Crippen MR) is 80.7 cm³/mol. The quantitative estimate of drug-likeness (QED) is 0.359. The number of hydrogen-bond donors (Lipinski definition) is 0. The third-order valence-electron chi connectivity index (χ3n) is 2.99. The molecular formula is C14H12K2N4O4. The van der Waals surface area contributed by atoms with Gasteiger partial charge in [0.25, 0.3) is 0 Å². The number of hydrogen-bond acceptors (Lipinski definition) is 8. The summed E-state index contributed by atoms with van der Waals surface area (Å²) in [4.78, 5) is 0. The molecule has 0 aliphatic rings. The average molecular weight is 378 g/mol. The minimum atomic E-state index is 0. The van der Waals surface area contributed by atoms with E-state index in [9.17, 15) is 10.4 Å². The van der Waals surface area contributed by atoms with E-state index in [0.29, 0.717) is 22.9 Å². The van der Waals surface area contributed by atoms with Gasteiger partial charge < -0.3 is 19.9 Å². The van der Waals surface area contributed by atoms with Crippen molar-refractivity contribution < 1.29 is 112 Å². The Kier molecular flexibility index (Phi) is 12.5. The molecule has 114 valence electrons. The number of nitrogens with zero attached hydrogens (tertiary/aromatic N) is 4. The largest absolute Gasteiger partial charge is 1.00 e. The second kappa shape index (κ2) is 12.5. The molecular weight excluding hydrogens is 366 g/mol. The monoisotopic (exact) mass is 378 g/mol. The second-order valence-electron chi connectivity index (χ2n) is 4.14. The van der Waals surface area contributed by atoms with Crippen LogP contribution in [0, 0.1) is 10.4 Å². The van der Waals surface area contributed by atoms with Gasteiger partial charge in [-0.05, 0) is 35.4 Å². The van der Waals surface area contributed by atoms with Crippen LogP contribution in [0.1, 0.15) is 0 Å². The van der Waals surface area contributed by atoms with E-state index >= 15 is 0 Å². The molecule has 0 heterocycles. The fraction of sp³-hybridized carbons (Fsp3) is 0.143. The summed E-state index contributed by atoms with van der Waals surface area (Å²) >= 11 is 0. The van der Waals surface area contributed by atoms with Gasteiger partial charge in [0.15, 0.2) is 0 Å². The second-order valence-corrected chi connectivity index (χ2v) is 4.14. The van der Waals surface area contributed by atoms with Crippen molar-refractivity contribution in [2.45, 2.75) is 0 Å². The fourth-order valence-electron chi connectivity index (χ4n) is 1.97. The molecule has 0 unspecified atom stereocenters. The Bertz CT molecular complexity index is 664. The van der Waals surface area contributed by atoms with Crippen molar-refractivity contribution in [2.75, 3.05) is 14.2 Å². The fourth-order valence-corrected chi connectivity index (χ4v) is 1.97. The van der Waals surface area contributed by atoms with Gasteiger partial charge in [-0.3, -0.25) is 0 Å². The number of rotatable bonds is 5. The summed E-state index contributed by atoms with van der Waals surface area (Å²) in [5, 5.41) is 32.4. The van der Waals surface area contributed by atoms with Gasteiger partial charge in [-0.25, -0.2) is 10.6 Å². The molecule has 0 N–H and O–H groups in total. The maximum Gasteiger partial charge on any atom is 1.00 e. The van der Waals surface area contributed by atoms with Crippen molar-refractivity contribution in [2.24, 2.45) is 20.8 Å². The predicted octanol–water partition coefficient (Wildman–Crippen LogP) is -1.46. The molecule has 2 aromatic rings. The van der Waals surface area contributed by atoms with Crippen LogP contribution in [0.5, 0.6) is 11.5 Å². The average Bonchev–Trinajstić information content (AvgIpc) is 2.56. The molecule has 0 spiro atoms. The van der Waals surface area contributed by atoms with E-state index in [0.717, 1.165) is 11.1 Å². The summed E-state index contributed by atoms with van der Waals surface area (Å²) in [6.07, 6.45) is 0. The van der Waals surface area contributed by atoms with Gasteiger partial charge in [-0.2, -0.15) is 10.2 Å². The van der Waals surface area contributed by atoms with Gasteiger partial charge in [0, 0.05) is 0 Å². The Morgan fingerprint density at radius 2 is 1.08 bits per heavy atom. The van der Waals surface area contributed by atoms with E-state index in [2.05, 4.69) is 20.8 Å². The van der Waals surface area contributed by atoms with Crippen LogP contribution in [0.15, 0.2) is 57.2 Å². The first-order valence-electron chi connectivity index (χ1n) is 6.16. The maximum absolute atomic E-state index is 10.2. The Labute approximate surface area is 224 Å². The summed E-state index contributed by atoms with van der Waals surface area (Å²) in [7, 11) is 2.95. The molecule has 10 heteroatoms. The van der Waals surface area contributed by atoms with Crippen LogP contribution in [-0.4, -0.2) is 14.2 Å². The van der Waals surface area contributed by atoms with Gasteiger partial charge >= 0.3 is 103 Å². The molecule has 0 bridgehead atoms. The normalized spacial score (nSPS) is 10.2. The minimum absolute atomic E-state index is 0. The summed E-state index contributed by atoms with van der Waals surface area (Å²) in [5.41, 5.74) is 2.30. The standard InChI is InChI=1S/C14H14N4O4.2K/c1-21-13-7-9(3-5-11(13)15-17-19)10-4-6-12(16-18-20)14(8-10)22-2;;/h3-8H,1-2H3,(H,15,19)(H,16,20);;/q;2*+1/p-2. The van der Waals surface area contributed by atoms with Crippen molar-refractivity contribution in [1.29, 1.82) is 0 Å². The van der Waals surface area contributed by atoms with Crippen LogP contribution in [0.2, 0.25) is 0 Å². The molecule has 0 radical (unpaired) electrons. The zero-order valence-corrected chi connectivity index (χ0v) is 20.1. The number of benzene rings is 2. The van der Waals surface area contributed by atoms with Crippen LogP contribution in [0.3, 0.4) is 0 Å². The van der Waals surface area contributed by atoms with Crippen LogP contribution in [0.25, 0.3) is 11.1 Å². The van der Waals surface area contributed by atoms with Gasteiger partial charge in [0.05, 0.1) is 14.2 Å². The van der Waals surface area contributed by atoms with E-state index in [-0.39, 0.29) is 103 Å². The molecule has 0 atom stereocenters. The molecule has 0 aliphatic carbocycles. The third kappa shape index (κ3) is 6.13. The van der Waals surface area contributed by atoms with E-state index in [4.69, 9.17) is 9.47 Å². The Hall–Kier alpha value is 0.113. The van der Waals surface area contributed by atoms with E-state index < -0.39 is 0 Å². The van der Waals surface area contributed by atoms with E-state index in [1.54, 1.807) is 36.4 Å². The van der Waals surface area contributed by atoms with Gasteiger partial charge in [-0.1, -0.05) is 12.1 Å². The van der Waals surface area contributed by atoms with Crippen molar-refractivity contribution in [3.8, 4) is 22.6 Å². The van der Waals surface area contributed by atoms with Crippen molar-refractivity contribution in [1.82, 2.24) is 0 Å². The topological polar surface area (TPSA) is 114 Å². The Morgan fingerprint density at radius 3 is 1.38 bits per heavy atom. The number of ether oxygens (including phenoxy) is 2. The molecule has 0 amide bonds. The molecule has 8 nitrogen and oxygen atoms in total. The number of methoxy groups -OCH3 is 2. The summed E-state index contributed by atoms with van der Waals surface area (Å²) in [6, 6.07) is 10.2. The van der Waals surface area contributed by atoms with E-state index in [1.807, 2.05) is 0 Å². The molecule has 0 aliphatic heterocycles. The SMILES string of the molecule is COc1cc(-c2ccc(N=N[O-])c(OC)c2)ccc1N=N[O-].[K+].[K+]. The molecule has 2 rings (SSSR count). The molecule has 0 fully saturated rings. The van der Waals surface area contributed by atoms with Crippen LogP contribution < -0.4 is 112 Å². The first-order valence-corrected chi connectivity index (χ1v) is 6.16. The molecule has 24 heavy (non-hydrogen) atoms. The Balaban J connectivity index is 0.00000264. The molecule has 0 saturated carbocycles. The van der Waals surface area contributed by atoms with Crippen LogP contribution >= 0.6 is 0 Å². The van der Waals surface area contributed by atoms with Crippen molar-refractivity contribution in [3.05, 3.63) is 46.8 Å². The first-order chi connectivity index (χ1) is 10.7. The smallest absolute Gasteiger partial charge is 0.775 e. The van der Waals surface area contributed by atoms with Crippen molar-refractivity contribution in [3.63, 3.8) is 0 Å². The summed E-state index contributed by atoms with van der Waals surface area (Å²) < 4.78 is 10.4. The third-order valence-corrected chi connectivity index (χ3v) is 2.99. The van der Waals surface area contributed by atoms with Crippen LogP contribution in [-0.2, 0) is 0 Å². The molecule has 0 aromatic heterocycles.